The molecule has 2 aromatic rings. The van der Waals surface area contributed by atoms with Gasteiger partial charge in [-0.2, -0.15) is 0 Å². The van der Waals surface area contributed by atoms with Crippen molar-refractivity contribution in [3.8, 4) is 0 Å². The van der Waals surface area contributed by atoms with Crippen LogP contribution in [0, 0.1) is 12.8 Å². The van der Waals surface area contributed by atoms with Gasteiger partial charge < -0.3 is 19.2 Å². The van der Waals surface area contributed by atoms with Crippen molar-refractivity contribution < 1.29 is 4.74 Å². The molecular formula is C15H23N5O. The van der Waals surface area contributed by atoms with Crippen molar-refractivity contribution in [1.29, 1.82) is 0 Å². The lowest BCUT2D eigenvalue weighted by Gasteiger charge is -2.19. The first kappa shape index (κ1) is 14.3. The largest absolute Gasteiger partial charge is 0.370 e. The monoisotopic (exact) mass is 289 g/mol. The molecule has 114 valence electrons. The Morgan fingerprint density at radius 1 is 1.33 bits per heavy atom. The standard InChI is InChI=1S/C15H23N5O/c1-12-17-6-9-20(12)8-4-16-11-13-3-10-21-14(13)15-18-5-7-19(15)2/h5-7,9,13-14,16H,3-4,8,10-11H2,1-2H3/t13-,14+/m0/s1. The molecule has 3 heterocycles. The van der Waals surface area contributed by atoms with E-state index in [-0.39, 0.29) is 6.10 Å². The van der Waals surface area contributed by atoms with Crippen LogP contribution in [0.1, 0.15) is 24.2 Å². The van der Waals surface area contributed by atoms with Crippen molar-refractivity contribution in [3.63, 3.8) is 0 Å². The smallest absolute Gasteiger partial charge is 0.137 e. The van der Waals surface area contributed by atoms with Crippen molar-refractivity contribution in [3.05, 3.63) is 36.4 Å². The zero-order valence-corrected chi connectivity index (χ0v) is 12.7. The van der Waals surface area contributed by atoms with Crippen LogP contribution in [-0.4, -0.2) is 38.8 Å². The van der Waals surface area contributed by atoms with Crippen LogP contribution in [0.4, 0.5) is 0 Å². The van der Waals surface area contributed by atoms with E-state index in [0.29, 0.717) is 5.92 Å². The molecule has 21 heavy (non-hydrogen) atoms. The summed E-state index contributed by atoms with van der Waals surface area (Å²) in [7, 11) is 2.02. The summed E-state index contributed by atoms with van der Waals surface area (Å²) < 4.78 is 10.1. The predicted octanol–water partition coefficient (Wildman–Crippen LogP) is 1.29. The van der Waals surface area contributed by atoms with Crippen LogP contribution in [0.25, 0.3) is 0 Å². The van der Waals surface area contributed by atoms with Crippen LogP contribution in [0.15, 0.2) is 24.8 Å². The highest BCUT2D eigenvalue weighted by atomic mass is 16.5. The summed E-state index contributed by atoms with van der Waals surface area (Å²) in [5.74, 6) is 2.59. The number of hydrogen-bond acceptors (Lipinski definition) is 4. The second-order valence-electron chi connectivity index (χ2n) is 5.61. The molecular weight excluding hydrogens is 266 g/mol. The predicted molar refractivity (Wildman–Crippen MR) is 79.8 cm³/mol. The third-order valence-electron chi connectivity index (χ3n) is 4.19. The SMILES string of the molecule is Cc1nccn1CCNC[C@@H]1CCO[C@H]1c1nccn1C. The number of hydrogen-bond donors (Lipinski definition) is 1. The molecule has 0 radical (unpaired) electrons. The summed E-state index contributed by atoms with van der Waals surface area (Å²) in [6.07, 6.45) is 8.89. The average molecular weight is 289 g/mol. The molecule has 2 atom stereocenters. The van der Waals surface area contributed by atoms with Gasteiger partial charge in [0.05, 0.1) is 0 Å². The summed E-state index contributed by atoms with van der Waals surface area (Å²) in [6, 6.07) is 0. The Labute approximate surface area is 125 Å². The Morgan fingerprint density at radius 3 is 2.90 bits per heavy atom. The normalized spacial score (nSPS) is 22.0. The average Bonchev–Trinajstić information content (AvgIpc) is 3.17. The number of ether oxygens (including phenoxy) is 1. The topological polar surface area (TPSA) is 56.9 Å². The minimum Gasteiger partial charge on any atom is -0.370 e. The van der Waals surface area contributed by atoms with Gasteiger partial charge in [0.1, 0.15) is 17.8 Å². The van der Waals surface area contributed by atoms with E-state index in [2.05, 4.69) is 24.4 Å². The number of aromatic nitrogens is 4. The van der Waals surface area contributed by atoms with Crippen LogP contribution in [-0.2, 0) is 18.3 Å². The van der Waals surface area contributed by atoms with Gasteiger partial charge in [-0.15, -0.1) is 0 Å². The molecule has 3 rings (SSSR count). The van der Waals surface area contributed by atoms with Crippen molar-refractivity contribution in [1.82, 2.24) is 24.4 Å². The molecule has 1 saturated heterocycles. The van der Waals surface area contributed by atoms with E-state index >= 15 is 0 Å². The Bertz CT molecular complexity index is 576. The van der Waals surface area contributed by atoms with Crippen LogP contribution in [0.5, 0.6) is 0 Å². The fourth-order valence-corrected chi connectivity index (χ4v) is 2.91. The van der Waals surface area contributed by atoms with Gasteiger partial charge in [-0.25, -0.2) is 9.97 Å². The van der Waals surface area contributed by atoms with Crippen molar-refractivity contribution >= 4 is 0 Å². The van der Waals surface area contributed by atoms with Gasteiger partial charge in [0, 0.05) is 64.0 Å². The third kappa shape index (κ3) is 3.16. The zero-order chi connectivity index (χ0) is 14.7. The Morgan fingerprint density at radius 2 is 2.19 bits per heavy atom. The van der Waals surface area contributed by atoms with Crippen LogP contribution >= 0.6 is 0 Å². The molecule has 0 bridgehead atoms. The summed E-state index contributed by atoms with van der Waals surface area (Å²) >= 11 is 0. The molecule has 1 aliphatic heterocycles. The number of nitrogens with one attached hydrogen (secondary N) is 1. The maximum Gasteiger partial charge on any atom is 0.137 e. The quantitative estimate of drug-likeness (QED) is 0.814. The number of rotatable bonds is 6. The summed E-state index contributed by atoms with van der Waals surface area (Å²) in [4.78, 5) is 8.66. The fraction of sp³-hybridized carbons (Fsp3) is 0.600. The van der Waals surface area contributed by atoms with Gasteiger partial charge >= 0.3 is 0 Å². The second-order valence-corrected chi connectivity index (χ2v) is 5.61. The minimum atomic E-state index is 0.118. The fourth-order valence-electron chi connectivity index (χ4n) is 2.91. The van der Waals surface area contributed by atoms with E-state index in [1.165, 1.54) is 0 Å². The molecule has 1 N–H and O–H groups in total. The Balaban J connectivity index is 1.48. The van der Waals surface area contributed by atoms with Gasteiger partial charge in [-0.3, -0.25) is 0 Å². The summed E-state index contributed by atoms with van der Waals surface area (Å²) in [5.41, 5.74) is 0. The Kier molecular flexibility index (Phi) is 4.36. The van der Waals surface area contributed by atoms with Crippen molar-refractivity contribution in [2.75, 3.05) is 19.7 Å². The van der Waals surface area contributed by atoms with E-state index in [1.54, 1.807) is 0 Å². The van der Waals surface area contributed by atoms with E-state index < -0.39 is 0 Å². The zero-order valence-electron chi connectivity index (χ0n) is 12.7. The van der Waals surface area contributed by atoms with Crippen molar-refractivity contribution in [2.45, 2.75) is 26.0 Å². The molecule has 0 aliphatic carbocycles. The second kappa shape index (κ2) is 6.41. The molecule has 1 fully saturated rings. The van der Waals surface area contributed by atoms with Gasteiger partial charge in [0.15, 0.2) is 0 Å². The van der Waals surface area contributed by atoms with Crippen molar-refractivity contribution in [2.24, 2.45) is 13.0 Å². The van der Waals surface area contributed by atoms with E-state index in [9.17, 15) is 0 Å². The highest BCUT2D eigenvalue weighted by molar-refractivity contribution is 5.00. The highest BCUT2D eigenvalue weighted by Crippen LogP contribution is 2.32. The maximum atomic E-state index is 5.87. The molecule has 0 spiro atoms. The first-order valence-corrected chi connectivity index (χ1v) is 7.53. The molecule has 6 heteroatoms. The molecule has 0 aromatic carbocycles. The van der Waals surface area contributed by atoms with Gasteiger partial charge in [0.2, 0.25) is 0 Å². The lowest BCUT2D eigenvalue weighted by molar-refractivity contribution is 0.0811. The number of aryl methyl sites for hydroxylation is 2. The Hall–Kier alpha value is -1.66. The van der Waals surface area contributed by atoms with Crippen LogP contribution in [0.3, 0.4) is 0 Å². The van der Waals surface area contributed by atoms with E-state index in [0.717, 1.165) is 44.3 Å². The van der Waals surface area contributed by atoms with E-state index in [1.807, 2.05) is 38.8 Å². The first-order valence-electron chi connectivity index (χ1n) is 7.53. The molecule has 0 saturated carbocycles. The first-order chi connectivity index (χ1) is 10.3. The van der Waals surface area contributed by atoms with Gasteiger partial charge in [-0.1, -0.05) is 0 Å². The summed E-state index contributed by atoms with van der Waals surface area (Å²) in [6.45, 7) is 5.71. The lowest BCUT2D eigenvalue weighted by atomic mass is 10.0. The lowest BCUT2D eigenvalue weighted by Crippen LogP contribution is -2.28. The molecule has 0 unspecified atom stereocenters. The molecule has 6 nitrogen and oxygen atoms in total. The van der Waals surface area contributed by atoms with E-state index in [4.69, 9.17) is 4.74 Å². The molecule has 1 aliphatic rings. The van der Waals surface area contributed by atoms with Gasteiger partial charge in [-0.05, 0) is 13.3 Å². The maximum absolute atomic E-state index is 5.87. The van der Waals surface area contributed by atoms with Gasteiger partial charge in [0.25, 0.3) is 0 Å². The highest BCUT2D eigenvalue weighted by Gasteiger charge is 2.31. The molecule has 2 aromatic heterocycles. The number of nitrogens with zero attached hydrogens (tertiary/aromatic N) is 4. The third-order valence-corrected chi connectivity index (χ3v) is 4.19. The molecule has 0 amide bonds. The van der Waals surface area contributed by atoms with Crippen LogP contribution < -0.4 is 5.32 Å². The van der Waals surface area contributed by atoms with Crippen LogP contribution in [0.2, 0.25) is 0 Å². The minimum absolute atomic E-state index is 0.118. The summed E-state index contributed by atoms with van der Waals surface area (Å²) in [5, 5.41) is 3.54. The number of imidazole rings is 2.